The van der Waals surface area contributed by atoms with Crippen LogP contribution in [0.5, 0.6) is 0 Å². The number of benzene rings is 8. The number of halogens is 2. The Hall–Kier alpha value is -3.66. The van der Waals surface area contributed by atoms with E-state index in [2.05, 4.69) is 225 Å². The molecule has 1 fully saturated rings. The van der Waals surface area contributed by atoms with Crippen molar-refractivity contribution in [3.05, 3.63) is 194 Å². The topological polar surface area (TPSA) is 0 Å². The molecule has 8 aromatic rings. The van der Waals surface area contributed by atoms with Gasteiger partial charge < -0.3 is 12.4 Å². The van der Waals surface area contributed by atoms with Gasteiger partial charge in [0.05, 0.1) is 15.8 Å². The van der Waals surface area contributed by atoms with Gasteiger partial charge in [-0.15, -0.1) is 0 Å². The molecule has 0 spiro atoms. The molecule has 0 radical (unpaired) electrons. The van der Waals surface area contributed by atoms with E-state index in [-0.39, 0.29) is 12.4 Å². The van der Waals surface area contributed by atoms with Gasteiger partial charge in [-0.1, -0.05) is 167 Å². The summed E-state index contributed by atoms with van der Waals surface area (Å²) in [6.07, 6.45) is 5.92. The van der Waals surface area contributed by atoms with Crippen LogP contribution in [-0.2, 0) is 17.3 Å². The Balaban J connectivity index is 0.000000393. The van der Waals surface area contributed by atoms with E-state index in [9.17, 15) is 0 Å². The summed E-state index contributed by atoms with van der Waals surface area (Å²) >= 11 is 1.82. The molecule has 0 nitrogen and oxygen atoms in total. The molecular weight excluding hydrogens is 883 g/mol. The van der Waals surface area contributed by atoms with Crippen molar-refractivity contribution in [2.24, 2.45) is 17.8 Å². The predicted molar refractivity (Wildman–Crippen MR) is 259 cm³/mol. The number of hydrogen-bond donors (Lipinski definition) is 0. The standard InChI is InChI=1S/C44H32P2.C10H20.2ClH.Ru/c1-5-19-35(20-6-1)45(36-21-7-2-8-22-36)41-31-29-33-17-13-15-27-39(33)43(41)44-40-28-16-14-18-34(40)30-32-42(44)46(37-23-9-3-10-24-37)38-25-11-4-12-26-38;1-8(2)10-6-4-9(3)5-7-10;;;/h1-32H;8-10H,4-7H2,1-3H3;2*1H;/q;;;;+2. The van der Waals surface area contributed by atoms with Crippen molar-refractivity contribution in [3.63, 3.8) is 0 Å². The molecule has 59 heavy (non-hydrogen) atoms. The van der Waals surface area contributed by atoms with E-state index < -0.39 is 15.8 Å². The van der Waals surface area contributed by atoms with Crippen molar-refractivity contribution in [1.82, 2.24) is 0 Å². The SMILES string of the molecule is CC1CCC(C(C)C)CC1.[Cl-].[Cl][Ru+].c1ccc([PH+](c2ccccc2)c2ccc3ccccc3c2-c2c([PH+](c3ccccc3)c3ccccc3)ccc3ccccc23)cc1. The van der Waals surface area contributed by atoms with Gasteiger partial charge in [0.2, 0.25) is 0 Å². The summed E-state index contributed by atoms with van der Waals surface area (Å²) < 4.78 is 0. The smallest absolute Gasteiger partial charge is 0.0620 e. The molecule has 0 heterocycles. The van der Waals surface area contributed by atoms with Crippen LogP contribution in [-0.4, -0.2) is 0 Å². The van der Waals surface area contributed by atoms with Crippen LogP contribution < -0.4 is 44.2 Å². The first kappa shape index (κ1) is 44.9. The summed E-state index contributed by atoms with van der Waals surface area (Å²) in [5.41, 5.74) is 2.75. The van der Waals surface area contributed by atoms with Crippen molar-refractivity contribution in [3.8, 4) is 11.1 Å². The molecule has 0 atom stereocenters. The van der Waals surface area contributed by atoms with E-state index >= 15 is 0 Å². The van der Waals surface area contributed by atoms with Gasteiger partial charge in [-0.25, -0.2) is 0 Å². The number of hydrogen-bond acceptors (Lipinski definition) is 0. The summed E-state index contributed by atoms with van der Waals surface area (Å²) in [5, 5.41) is 13.6. The second-order valence-electron chi connectivity index (χ2n) is 15.9. The summed E-state index contributed by atoms with van der Waals surface area (Å²) in [6.45, 7) is 7.11. The fraction of sp³-hybridized carbons (Fsp3) is 0.185. The fourth-order valence-electron chi connectivity index (χ4n) is 8.83. The van der Waals surface area contributed by atoms with Crippen molar-refractivity contribution in [1.29, 1.82) is 0 Å². The summed E-state index contributed by atoms with van der Waals surface area (Å²) in [6, 6.07) is 72.2. The van der Waals surface area contributed by atoms with E-state index in [4.69, 9.17) is 0 Å². The van der Waals surface area contributed by atoms with Crippen molar-refractivity contribution >= 4 is 78.9 Å². The molecule has 300 valence electrons. The van der Waals surface area contributed by atoms with Gasteiger partial charge in [-0.3, -0.25) is 0 Å². The molecule has 0 amide bonds. The maximum Gasteiger partial charge on any atom is 0.111 e. The molecule has 0 aromatic heterocycles. The molecule has 9 rings (SSSR count). The van der Waals surface area contributed by atoms with E-state index in [1.54, 1.807) is 0 Å². The van der Waals surface area contributed by atoms with Crippen LogP contribution in [0, 0.1) is 17.8 Å². The summed E-state index contributed by atoms with van der Waals surface area (Å²) in [5.74, 6) is 2.97. The van der Waals surface area contributed by atoms with Gasteiger partial charge in [0.1, 0.15) is 31.8 Å². The molecule has 0 bridgehead atoms. The molecule has 1 saturated carbocycles. The average molecular weight is 937 g/mol. The third-order valence-electron chi connectivity index (χ3n) is 11.9. The summed E-state index contributed by atoms with van der Waals surface area (Å²) in [7, 11) is 1.83. The molecule has 0 N–H and O–H groups in total. The third kappa shape index (κ3) is 10.6. The van der Waals surface area contributed by atoms with Gasteiger partial charge in [0.25, 0.3) is 0 Å². The Morgan fingerprint density at radius 1 is 0.424 bits per heavy atom. The largest absolute Gasteiger partial charge is 0.111 e. The van der Waals surface area contributed by atoms with Gasteiger partial charge >= 0.3 is 27.0 Å². The molecule has 8 aromatic carbocycles. The Morgan fingerprint density at radius 3 is 1.05 bits per heavy atom. The third-order valence-corrected chi connectivity index (χ3v) is 17.5. The molecule has 0 saturated heterocycles. The van der Waals surface area contributed by atoms with Crippen LogP contribution in [0.3, 0.4) is 0 Å². The van der Waals surface area contributed by atoms with Crippen LogP contribution in [0.15, 0.2) is 194 Å². The van der Waals surface area contributed by atoms with Gasteiger partial charge in [0.15, 0.2) is 0 Å². The zero-order chi connectivity index (χ0) is 40.3. The van der Waals surface area contributed by atoms with Crippen LogP contribution in [0.2, 0.25) is 0 Å². The Bertz CT molecular complexity index is 2240. The fourth-order valence-corrected chi connectivity index (χ4v) is 14.4. The first-order chi connectivity index (χ1) is 28.6. The monoisotopic (exact) mass is 936 g/mol. The van der Waals surface area contributed by atoms with Gasteiger partial charge in [0, 0.05) is 11.1 Å². The van der Waals surface area contributed by atoms with E-state index in [0.717, 1.165) is 17.8 Å². The van der Waals surface area contributed by atoms with Crippen LogP contribution in [0.25, 0.3) is 32.7 Å². The quantitative estimate of drug-likeness (QED) is 0.105. The number of fused-ring (bicyclic) bond motifs is 2. The molecule has 0 aliphatic heterocycles. The second-order valence-corrected chi connectivity index (χ2v) is 20.8. The first-order valence-corrected chi connectivity index (χ1v) is 25.9. The second kappa shape index (κ2) is 22.3. The zero-order valence-corrected chi connectivity index (χ0v) is 39.4. The summed E-state index contributed by atoms with van der Waals surface area (Å²) in [4.78, 5) is 0. The molecule has 1 aliphatic carbocycles. The molecule has 5 heteroatoms. The normalized spacial score (nSPS) is 14.9. The van der Waals surface area contributed by atoms with E-state index in [0.29, 0.717) is 0 Å². The van der Waals surface area contributed by atoms with Crippen molar-refractivity contribution in [2.75, 3.05) is 0 Å². The molecular formula is C54H54Cl2P2Ru+2. The van der Waals surface area contributed by atoms with Crippen molar-refractivity contribution in [2.45, 2.75) is 46.5 Å². The maximum atomic E-state index is 4.57. The van der Waals surface area contributed by atoms with Crippen molar-refractivity contribution < 1.29 is 29.7 Å². The molecule has 0 unspecified atom stereocenters. The first-order valence-electron chi connectivity index (χ1n) is 20.7. The van der Waals surface area contributed by atoms with E-state index in [1.807, 2.05) is 17.3 Å². The Kier molecular flexibility index (Phi) is 16.9. The van der Waals surface area contributed by atoms with Crippen LogP contribution in [0.4, 0.5) is 0 Å². The van der Waals surface area contributed by atoms with Crippen LogP contribution >= 0.6 is 25.5 Å². The predicted octanol–water partition coefficient (Wildman–Crippen LogP) is 9.80. The minimum absolute atomic E-state index is 0. The minimum atomic E-state index is -1.37. The minimum Gasteiger partial charge on any atom is -0.0620 e. The van der Waals surface area contributed by atoms with E-state index in [1.165, 1.54) is 90.2 Å². The average Bonchev–Trinajstić information content (AvgIpc) is 3.29. The maximum absolute atomic E-state index is 4.57. The van der Waals surface area contributed by atoms with Crippen LogP contribution in [0.1, 0.15) is 46.5 Å². The van der Waals surface area contributed by atoms with Gasteiger partial charge in [-0.2, -0.15) is 0 Å². The Morgan fingerprint density at radius 2 is 0.729 bits per heavy atom. The van der Waals surface area contributed by atoms with Gasteiger partial charge in [-0.05, 0) is 113 Å². The zero-order valence-electron chi connectivity index (χ0n) is 34.1. The Labute approximate surface area is 375 Å². The molecule has 1 aliphatic rings. The number of rotatable bonds is 8.